The van der Waals surface area contributed by atoms with E-state index in [1.54, 1.807) is 12.3 Å². The number of rotatable bonds is 2. The highest BCUT2D eigenvalue weighted by Gasteiger charge is 2.27. The topological polar surface area (TPSA) is 62.1 Å². The van der Waals surface area contributed by atoms with Crippen LogP contribution in [-0.2, 0) is 0 Å². The van der Waals surface area contributed by atoms with E-state index < -0.39 is 0 Å². The van der Waals surface area contributed by atoms with E-state index in [1.807, 2.05) is 17.0 Å². The third kappa shape index (κ3) is 2.48. The Balaban J connectivity index is 1.77. The molecule has 0 aliphatic carbocycles. The van der Waals surface area contributed by atoms with Crippen molar-refractivity contribution in [1.82, 2.24) is 15.1 Å². The van der Waals surface area contributed by atoms with Crippen LogP contribution >= 0.6 is 0 Å². The van der Waals surface area contributed by atoms with Crippen molar-refractivity contribution in [2.45, 2.75) is 20.3 Å². The van der Waals surface area contributed by atoms with Gasteiger partial charge in [-0.05, 0) is 30.4 Å². The minimum absolute atomic E-state index is 0.00236. The zero-order valence-corrected chi connectivity index (χ0v) is 11.8. The average Bonchev–Trinajstić information content (AvgIpc) is 3.07. The second-order valence-corrected chi connectivity index (χ2v) is 5.80. The Morgan fingerprint density at radius 2 is 2.15 bits per heavy atom. The number of carbonyl (C=O) groups excluding carboxylic acids is 1. The molecule has 2 aromatic rings. The molecule has 106 valence electrons. The van der Waals surface area contributed by atoms with E-state index in [4.69, 9.17) is 4.42 Å². The summed E-state index contributed by atoms with van der Waals surface area (Å²) < 4.78 is 5.30. The molecule has 2 aromatic heterocycles. The Bertz CT molecular complexity index is 578. The summed E-state index contributed by atoms with van der Waals surface area (Å²) in [7, 11) is 0. The number of likely N-dealkylation sites (tertiary alicyclic amines) is 1. The first kappa shape index (κ1) is 13.0. The van der Waals surface area contributed by atoms with Gasteiger partial charge in [-0.25, -0.2) is 0 Å². The predicted octanol–water partition coefficient (Wildman–Crippen LogP) is 2.79. The van der Waals surface area contributed by atoms with Crippen LogP contribution in [0, 0.1) is 11.8 Å². The minimum Gasteiger partial charge on any atom is -0.463 e. The molecular formula is C15H19N3O2. The number of aromatic amines is 1. The van der Waals surface area contributed by atoms with Crippen molar-refractivity contribution in [3.8, 4) is 11.5 Å². The molecule has 0 saturated carbocycles. The summed E-state index contributed by atoms with van der Waals surface area (Å²) in [6, 6.07) is 5.41. The lowest BCUT2D eigenvalue weighted by Gasteiger charge is -2.34. The summed E-state index contributed by atoms with van der Waals surface area (Å²) in [6.07, 6.45) is 2.79. The highest BCUT2D eigenvalue weighted by molar-refractivity contribution is 5.93. The van der Waals surface area contributed by atoms with Crippen molar-refractivity contribution in [3.05, 3.63) is 30.2 Å². The van der Waals surface area contributed by atoms with Gasteiger partial charge in [-0.15, -0.1) is 0 Å². The largest absolute Gasteiger partial charge is 0.463 e. The van der Waals surface area contributed by atoms with E-state index in [-0.39, 0.29) is 5.91 Å². The molecular weight excluding hydrogens is 254 g/mol. The third-order valence-corrected chi connectivity index (χ3v) is 3.74. The van der Waals surface area contributed by atoms with Crippen LogP contribution in [0.1, 0.15) is 30.8 Å². The first-order valence-electron chi connectivity index (χ1n) is 7.02. The van der Waals surface area contributed by atoms with Gasteiger partial charge in [-0.3, -0.25) is 9.89 Å². The number of aromatic nitrogens is 2. The highest BCUT2D eigenvalue weighted by atomic mass is 16.3. The number of piperidine rings is 1. The van der Waals surface area contributed by atoms with Crippen LogP contribution in [0.15, 0.2) is 28.9 Å². The molecule has 3 heterocycles. The SMILES string of the molecule is CC1CC(C)CN(C(=O)c2cc(-c3ccco3)[nH]n2)C1. The lowest BCUT2D eigenvalue weighted by molar-refractivity contribution is 0.0617. The highest BCUT2D eigenvalue weighted by Crippen LogP contribution is 2.23. The van der Waals surface area contributed by atoms with Crippen molar-refractivity contribution >= 4 is 5.91 Å². The van der Waals surface area contributed by atoms with E-state index in [0.717, 1.165) is 18.8 Å². The van der Waals surface area contributed by atoms with E-state index in [0.29, 0.717) is 23.3 Å². The summed E-state index contributed by atoms with van der Waals surface area (Å²) in [5.74, 6) is 1.78. The van der Waals surface area contributed by atoms with E-state index in [2.05, 4.69) is 24.0 Å². The number of nitrogens with one attached hydrogen (secondary N) is 1. The number of hydrogen-bond donors (Lipinski definition) is 1. The normalized spacial score (nSPS) is 23.0. The maximum atomic E-state index is 12.5. The zero-order chi connectivity index (χ0) is 14.1. The van der Waals surface area contributed by atoms with Crippen molar-refractivity contribution < 1.29 is 9.21 Å². The van der Waals surface area contributed by atoms with Crippen LogP contribution in [0.3, 0.4) is 0 Å². The van der Waals surface area contributed by atoms with Gasteiger partial charge in [0.2, 0.25) is 0 Å². The van der Waals surface area contributed by atoms with Crippen molar-refractivity contribution in [1.29, 1.82) is 0 Å². The fourth-order valence-corrected chi connectivity index (χ4v) is 2.98. The molecule has 2 atom stereocenters. The predicted molar refractivity (Wildman–Crippen MR) is 75.1 cm³/mol. The Kier molecular flexibility index (Phi) is 3.34. The molecule has 0 aromatic carbocycles. The first-order chi connectivity index (χ1) is 9.63. The lowest BCUT2D eigenvalue weighted by atomic mass is 9.92. The smallest absolute Gasteiger partial charge is 0.274 e. The number of amides is 1. The third-order valence-electron chi connectivity index (χ3n) is 3.74. The van der Waals surface area contributed by atoms with Crippen LogP contribution in [-0.4, -0.2) is 34.1 Å². The molecule has 3 rings (SSSR count). The molecule has 20 heavy (non-hydrogen) atoms. The monoisotopic (exact) mass is 273 g/mol. The minimum atomic E-state index is -0.00236. The summed E-state index contributed by atoms with van der Waals surface area (Å²) in [4.78, 5) is 14.4. The molecule has 5 nitrogen and oxygen atoms in total. The summed E-state index contributed by atoms with van der Waals surface area (Å²) >= 11 is 0. The van der Waals surface area contributed by atoms with Gasteiger partial charge >= 0.3 is 0 Å². The number of hydrogen-bond acceptors (Lipinski definition) is 3. The molecule has 0 spiro atoms. The molecule has 2 unspecified atom stereocenters. The Hall–Kier alpha value is -2.04. The van der Waals surface area contributed by atoms with Gasteiger partial charge in [-0.2, -0.15) is 5.10 Å². The van der Waals surface area contributed by atoms with Gasteiger partial charge in [0.25, 0.3) is 5.91 Å². The number of furan rings is 1. The molecule has 5 heteroatoms. The quantitative estimate of drug-likeness (QED) is 0.915. The molecule has 0 radical (unpaired) electrons. The zero-order valence-electron chi connectivity index (χ0n) is 11.8. The molecule has 1 aliphatic rings. The molecule has 0 bridgehead atoms. The van der Waals surface area contributed by atoms with Crippen LogP contribution in [0.5, 0.6) is 0 Å². The first-order valence-corrected chi connectivity index (χ1v) is 7.02. The Morgan fingerprint density at radius 1 is 1.40 bits per heavy atom. The standard InChI is InChI=1S/C15H19N3O2/c1-10-6-11(2)9-18(8-10)15(19)13-7-12(16-17-13)14-4-3-5-20-14/h3-5,7,10-11H,6,8-9H2,1-2H3,(H,16,17). The van der Waals surface area contributed by atoms with Crippen LogP contribution in [0.2, 0.25) is 0 Å². The Labute approximate surface area is 118 Å². The van der Waals surface area contributed by atoms with Crippen molar-refractivity contribution in [2.24, 2.45) is 11.8 Å². The second kappa shape index (κ2) is 5.15. The Morgan fingerprint density at radius 3 is 2.80 bits per heavy atom. The molecule has 1 saturated heterocycles. The summed E-state index contributed by atoms with van der Waals surface area (Å²) in [6.45, 7) is 6.00. The van der Waals surface area contributed by atoms with E-state index >= 15 is 0 Å². The lowest BCUT2D eigenvalue weighted by Crippen LogP contribution is -2.42. The van der Waals surface area contributed by atoms with Crippen LogP contribution < -0.4 is 0 Å². The average molecular weight is 273 g/mol. The van der Waals surface area contributed by atoms with Gasteiger partial charge in [0, 0.05) is 19.2 Å². The van der Waals surface area contributed by atoms with Crippen molar-refractivity contribution in [3.63, 3.8) is 0 Å². The van der Waals surface area contributed by atoms with Gasteiger partial charge in [0.1, 0.15) is 5.69 Å². The van der Waals surface area contributed by atoms with Gasteiger partial charge in [0.15, 0.2) is 11.5 Å². The van der Waals surface area contributed by atoms with Gasteiger partial charge in [0.05, 0.1) is 6.26 Å². The van der Waals surface area contributed by atoms with E-state index in [9.17, 15) is 4.79 Å². The second-order valence-electron chi connectivity index (χ2n) is 5.80. The molecule has 1 fully saturated rings. The number of H-pyrrole nitrogens is 1. The van der Waals surface area contributed by atoms with E-state index in [1.165, 1.54) is 6.42 Å². The molecule has 1 amide bonds. The number of nitrogens with zero attached hydrogens (tertiary/aromatic N) is 2. The summed E-state index contributed by atoms with van der Waals surface area (Å²) in [5.41, 5.74) is 1.19. The van der Waals surface area contributed by atoms with Crippen molar-refractivity contribution in [2.75, 3.05) is 13.1 Å². The van der Waals surface area contributed by atoms with Crippen LogP contribution in [0.25, 0.3) is 11.5 Å². The maximum absolute atomic E-state index is 12.5. The molecule has 1 N–H and O–H groups in total. The fraction of sp³-hybridized carbons (Fsp3) is 0.467. The van der Waals surface area contributed by atoms with Gasteiger partial charge in [-0.1, -0.05) is 13.8 Å². The summed E-state index contributed by atoms with van der Waals surface area (Å²) in [5, 5.41) is 6.98. The number of carbonyl (C=O) groups is 1. The molecule has 1 aliphatic heterocycles. The van der Waals surface area contributed by atoms with Crippen LogP contribution in [0.4, 0.5) is 0 Å². The van der Waals surface area contributed by atoms with Gasteiger partial charge < -0.3 is 9.32 Å². The maximum Gasteiger partial charge on any atom is 0.274 e. The fourth-order valence-electron chi connectivity index (χ4n) is 2.98.